The van der Waals surface area contributed by atoms with Crippen molar-refractivity contribution in [1.29, 1.82) is 0 Å². The Morgan fingerprint density at radius 2 is 2.29 bits per heavy atom. The molecule has 0 aliphatic heterocycles. The summed E-state index contributed by atoms with van der Waals surface area (Å²) in [6, 6.07) is 0.114. The van der Waals surface area contributed by atoms with E-state index in [0.717, 1.165) is 18.5 Å². The smallest absolute Gasteiger partial charge is 0.0951 e. The van der Waals surface area contributed by atoms with Crippen LogP contribution in [0, 0.1) is 0 Å². The van der Waals surface area contributed by atoms with Gasteiger partial charge < -0.3 is 15.4 Å². The fourth-order valence-electron chi connectivity index (χ4n) is 1.83. The molecule has 1 aliphatic rings. The lowest BCUT2D eigenvalue weighted by Gasteiger charge is -2.17. The molecule has 0 saturated carbocycles. The van der Waals surface area contributed by atoms with Crippen LogP contribution in [0.15, 0.2) is 24.7 Å². The molecule has 0 radical (unpaired) electrons. The number of hydrogen-bond donors (Lipinski definition) is 2. The zero-order valence-electron chi connectivity index (χ0n) is 8.00. The molecule has 4 heteroatoms. The maximum Gasteiger partial charge on any atom is 0.0951 e. The summed E-state index contributed by atoms with van der Waals surface area (Å²) in [6.07, 6.45) is 9.92. The molecule has 1 atom stereocenters. The second-order valence-corrected chi connectivity index (χ2v) is 3.61. The zero-order chi connectivity index (χ0) is 9.97. The lowest BCUT2D eigenvalue weighted by molar-refractivity contribution is 0.261. The van der Waals surface area contributed by atoms with Gasteiger partial charge in [0.1, 0.15) is 0 Å². The Bertz CT molecular complexity index is 324. The molecule has 1 aliphatic carbocycles. The Labute approximate surface area is 83.1 Å². The molecule has 14 heavy (non-hydrogen) atoms. The maximum atomic E-state index is 8.99. The lowest BCUT2D eigenvalue weighted by Crippen LogP contribution is -2.20. The molecule has 76 valence electrons. The maximum absolute atomic E-state index is 8.99. The molecule has 0 bridgehead atoms. The van der Waals surface area contributed by atoms with Crippen LogP contribution < -0.4 is 5.73 Å². The van der Waals surface area contributed by atoms with E-state index >= 15 is 0 Å². The first-order chi connectivity index (χ1) is 6.83. The minimum Gasteiger partial charge on any atom is -0.394 e. The first-order valence-corrected chi connectivity index (χ1v) is 4.86. The van der Waals surface area contributed by atoms with E-state index in [1.54, 1.807) is 12.5 Å². The molecule has 1 heterocycles. The Morgan fingerprint density at radius 1 is 1.57 bits per heavy atom. The molecule has 4 nitrogen and oxygen atoms in total. The van der Waals surface area contributed by atoms with Crippen LogP contribution in [0.25, 0.3) is 0 Å². The number of allylic oxidation sites excluding steroid dienone is 2. The average Bonchev–Trinajstić information content (AvgIpc) is 2.85. The van der Waals surface area contributed by atoms with Crippen LogP contribution in [0.5, 0.6) is 0 Å². The van der Waals surface area contributed by atoms with Gasteiger partial charge in [0.2, 0.25) is 0 Å². The third kappa shape index (κ3) is 1.58. The molecule has 3 N–H and O–H groups in total. The largest absolute Gasteiger partial charge is 0.394 e. The molecule has 0 amide bonds. The number of imidazole rings is 1. The fourth-order valence-corrected chi connectivity index (χ4v) is 1.83. The number of nitrogens with two attached hydrogens (primary N) is 1. The first kappa shape index (κ1) is 9.43. The summed E-state index contributed by atoms with van der Waals surface area (Å²) in [4.78, 5) is 4.08. The highest BCUT2D eigenvalue weighted by Crippen LogP contribution is 2.26. The molecule has 0 saturated heterocycles. The summed E-state index contributed by atoms with van der Waals surface area (Å²) >= 11 is 0. The first-order valence-electron chi connectivity index (χ1n) is 4.86. The molecule has 1 aromatic heterocycles. The Kier molecular flexibility index (Phi) is 2.65. The highest BCUT2D eigenvalue weighted by Gasteiger charge is 2.18. The van der Waals surface area contributed by atoms with Crippen molar-refractivity contribution < 1.29 is 5.11 Å². The fraction of sp³-hybridized carbons (Fsp3) is 0.500. The van der Waals surface area contributed by atoms with Crippen molar-refractivity contribution in [1.82, 2.24) is 9.55 Å². The van der Waals surface area contributed by atoms with Crippen LogP contribution in [0.1, 0.15) is 30.6 Å². The van der Waals surface area contributed by atoms with E-state index in [2.05, 4.69) is 21.7 Å². The summed E-state index contributed by atoms with van der Waals surface area (Å²) in [5.41, 5.74) is 6.69. The van der Waals surface area contributed by atoms with Crippen molar-refractivity contribution in [3.63, 3.8) is 0 Å². The highest BCUT2D eigenvalue weighted by molar-refractivity contribution is 5.09. The summed E-state index contributed by atoms with van der Waals surface area (Å²) in [5.74, 6) is 0. The van der Waals surface area contributed by atoms with E-state index in [0.29, 0.717) is 6.04 Å². The second-order valence-electron chi connectivity index (χ2n) is 3.61. The van der Waals surface area contributed by atoms with Crippen molar-refractivity contribution >= 4 is 0 Å². The van der Waals surface area contributed by atoms with Crippen molar-refractivity contribution in [3.8, 4) is 0 Å². The quantitative estimate of drug-likeness (QED) is 0.697. The van der Waals surface area contributed by atoms with E-state index in [1.165, 1.54) is 0 Å². The predicted molar refractivity (Wildman–Crippen MR) is 53.7 cm³/mol. The topological polar surface area (TPSA) is 64.1 Å². The van der Waals surface area contributed by atoms with Crippen LogP contribution in [0.4, 0.5) is 0 Å². The third-order valence-corrected chi connectivity index (χ3v) is 2.65. The van der Waals surface area contributed by atoms with Gasteiger partial charge >= 0.3 is 0 Å². The molecule has 1 aromatic rings. The van der Waals surface area contributed by atoms with Gasteiger partial charge in [0.25, 0.3) is 0 Å². The minimum absolute atomic E-state index is 0.0359. The SMILES string of the molecule is NC(CO)c1cncn1C1CC=CC1. The average molecular weight is 193 g/mol. The molecule has 2 rings (SSSR count). The second kappa shape index (κ2) is 3.94. The van der Waals surface area contributed by atoms with Gasteiger partial charge in [0.15, 0.2) is 0 Å². The van der Waals surface area contributed by atoms with Crippen LogP contribution in [-0.4, -0.2) is 21.3 Å². The van der Waals surface area contributed by atoms with Gasteiger partial charge in [-0.05, 0) is 12.8 Å². The number of aliphatic hydroxyl groups excluding tert-OH is 1. The number of nitrogens with zero attached hydrogens (tertiary/aromatic N) is 2. The normalized spacial score (nSPS) is 19.0. The highest BCUT2D eigenvalue weighted by atomic mass is 16.3. The van der Waals surface area contributed by atoms with Gasteiger partial charge in [-0.15, -0.1) is 0 Å². The third-order valence-electron chi connectivity index (χ3n) is 2.65. The van der Waals surface area contributed by atoms with E-state index in [-0.39, 0.29) is 12.6 Å². The monoisotopic (exact) mass is 193 g/mol. The van der Waals surface area contributed by atoms with Crippen LogP contribution in [0.2, 0.25) is 0 Å². The van der Waals surface area contributed by atoms with Crippen LogP contribution >= 0.6 is 0 Å². The van der Waals surface area contributed by atoms with Gasteiger partial charge in [-0.1, -0.05) is 12.2 Å². The Hall–Kier alpha value is -1.13. The van der Waals surface area contributed by atoms with Crippen LogP contribution in [0.3, 0.4) is 0 Å². The molecular weight excluding hydrogens is 178 g/mol. The molecule has 0 fully saturated rings. The number of aliphatic hydroxyl groups is 1. The van der Waals surface area contributed by atoms with E-state index in [4.69, 9.17) is 10.8 Å². The number of rotatable bonds is 3. The standard InChI is InChI=1S/C10H15N3O/c11-9(6-14)10-5-12-7-13(10)8-3-1-2-4-8/h1-2,5,7-9,14H,3-4,6,11H2. The van der Waals surface area contributed by atoms with E-state index in [1.807, 2.05) is 0 Å². The molecular formula is C10H15N3O. The van der Waals surface area contributed by atoms with Crippen molar-refractivity contribution in [2.24, 2.45) is 5.73 Å². The van der Waals surface area contributed by atoms with Gasteiger partial charge in [0.05, 0.1) is 24.7 Å². The lowest BCUT2D eigenvalue weighted by atomic mass is 10.2. The minimum atomic E-state index is -0.321. The summed E-state index contributed by atoms with van der Waals surface area (Å²) in [7, 11) is 0. The molecule has 0 aromatic carbocycles. The van der Waals surface area contributed by atoms with Crippen molar-refractivity contribution in [2.75, 3.05) is 6.61 Å². The van der Waals surface area contributed by atoms with Gasteiger partial charge in [0, 0.05) is 12.2 Å². The van der Waals surface area contributed by atoms with Gasteiger partial charge in [-0.2, -0.15) is 0 Å². The van der Waals surface area contributed by atoms with Crippen molar-refractivity contribution in [2.45, 2.75) is 24.9 Å². The van der Waals surface area contributed by atoms with E-state index < -0.39 is 0 Å². The summed E-state index contributed by atoms with van der Waals surface area (Å²) in [6.45, 7) is -0.0359. The molecule has 0 spiro atoms. The van der Waals surface area contributed by atoms with Gasteiger partial charge in [-0.25, -0.2) is 4.98 Å². The van der Waals surface area contributed by atoms with Crippen molar-refractivity contribution in [3.05, 3.63) is 30.4 Å². The van der Waals surface area contributed by atoms with Crippen LogP contribution in [-0.2, 0) is 0 Å². The predicted octanol–water partition coefficient (Wildman–Crippen LogP) is 0.766. The molecule has 1 unspecified atom stereocenters. The Morgan fingerprint density at radius 3 is 2.93 bits per heavy atom. The summed E-state index contributed by atoms with van der Waals surface area (Å²) in [5, 5.41) is 8.99. The van der Waals surface area contributed by atoms with Gasteiger partial charge in [-0.3, -0.25) is 0 Å². The van der Waals surface area contributed by atoms with E-state index in [9.17, 15) is 0 Å². The number of hydrogen-bond acceptors (Lipinski definition) is 3. The zero-order valence-corrected chi connectivity index (χ0v) is 8.00. The number of aromatic nitrogens is 2. The summed E-state index contributed by atoms with van der Waals surface area (Å²) < 4.78 is 2.07. The Balaban J connectivity index is 2.20.